The van der Waals surface area contributed by atoms with E-state index in [-0.39, 0.29) is 0 Å². The first-order valence-corrected chi connectivity index (χ1v) is 5.08. The lowest BCUT2D eigenvalue weighted by molar-refractivity contribution is 0.172. The summed E-state index contributed by atoms with van der Waals surface area (Å²) in [5.41, 5.74) is 5.53. The summed E-state index contributed by atoms with van der Waals surface area (Å²) in [4.78, 5) is 2.48. The molecule has 12 heavy (non-hydrogen) atoms. The zero-order chi connectivity index (χ0) is 9.14. The summed E-state index contributed by atoms with van der Waals surface area (Å²) >= 11 is 0. The molecule has 0 aromatic heterocycles. The molecule has 0 aromatic carbocycles. The van der Waals surface area contributed by atoms with Gasteiger partial charge in [-0.15, -0.1) is 0 Å². The van der Waals surface area contributed by atoms with Gasteiger partial charge in [0.2, 0.25) is 0 Å². The van der Waals surface area contributed by atoms with Crippen molar-refractivity contribution in [1.82, 2.24) is 4.90 Å². The molecule has 0 spiro atoms. The molecule has 0 aliphatic heterocycles. The van der Waals surface area contributed by atoms with Crippen molar-refractivity contribution in [3.63, 3.8) is 0 Å². The average molecular weight is 170 g/mol. The molecule has 0 saturated heterocycles. The lowest BCUT2D eigenvalue weighted by Gasteiger charge is -2.30. The maximum Gasteiger partial charge on any atom is 0.00949 e. The average Bonchev–Trinajstić information content (AvgIpc) is 2.84. The number of hydrogen-bond donors (Lipinski definition) is 1. The second-order valence-corrected chi connectivity index (χ2v) is 4.17. The van der Waals surface area contributed by atoms with Crippen LogP contribution in [0.3, 0.4) is 0 Å². The van der Waals surface area contributed by atoms with E-state index in [0.717, 1.165) is 24.9 Å². The van der Waals surface area contributed by atoms with Crippen LogP contribution in [0.4, 0.5) is 0 Å². The van der Waals surface area contributed by atoms with Gasteiger partial charge in [0.25, 0.3) is 0 Å². The first-order valence-electron chi connectivity index (χ1n) is 5.08. The topological polar surface area (TPSA) is 29.3 Å². The minimum atomic E-state index is 0.644. The molecule has 1 rings (SSSR count). The van der Waals surface area contributed by atoms with Crippen molar-refractivity contribution in [2.75, 3.05) is 13.6 Å². The van der Waals surface area contributed by atoms with Gasteiger partial charge >= 0.3 is 0 Å². The summed E-state index contributed by atoms with van der Waals surface area (Å²) in [6.45, 7) is 5.42. The van der Waals surface area contributed by atoms with E-state index in [1.54, 1.807) is 0 Å². The zero-order valence-corrected chi connectivity index (χ0v) is 8.59. The predicted molar refractivity (Wildman–Crippen MR) is 53.1 cm³/mol. The van der Waals surface area contributed by atoms with Crippen molar-refractivity contribution >= 4 is 0 Å². The third kappa shape index (κ3) is 2.46. The van der Waals surface area contributed by atoms with Crippen LogP contribution in [-0.4, -0.2) is 30.6 Å². The summed E-state index contributed by atoms with van der Waals surface area (Å²) in [7, 11) is 2.23. The van der Waals surface area contributed by atoms with E-state index >= 15 is 0 Å². The Morgan fingerprint density at radius 3 is 2.42 bits per heavy atom. The lowest BCUT2D eigenvalue weighted by Crippen LogP contribution is -2.39. The Morgan fingerprint density at radius 2 is 2.00 bits per heavy atom. The van der Waals surface area contributed by atoms with Crippen LogP contribution in [0.2, 0.25) is 0 Å². The maximum absolute atomic E-state index is 5.53. The highest BCUT2D eigenvalue weighted by molar-refractivity contribution is 4.85. The van der Waals surface area contributed by atoms with Crippen molar-refractivity contribution in [3.05, 3.63) is 0 Å². The van der Waals surface area contributed by atoms with Crippen LogP contribution in [0.15, 0.2) is 0 Å². The van der Waals surface area contributed by atoms with E-state index in [1.165, 1.54) is 12.8 Å². The van der Waals surface area contributed by atoms with Crippen molar-refractivity contribution in [2.45, 2.75) is 45.2 Å². The summed E-state index contributed by atoms with van der Waals surface area (Å²) in [6, 6.07) is 1.40. The largest absolute Gasteiger partial charge is 0.330 e. The molecule has 2 unspecified atom stereocenters. The second kappa shape index (κ2) is 4.24. The molecule has 72 valence electrons. The SMILES string of the molecule is CC(CCN)N(C)C(C)C1CC1. The summed E-state index contributed by atoms with van der Waals surface area (Å²) in [6.07, 6.45) is 3.98. The Bertz CT molecular complexity index is 132. The van der Waals surface area contributed by atoms with Crippen LogP contribution in [0.25, 0.3) is 0 Å². The van der Waals surface area contributed by atoms with Gasteiger partial charge in [0.15, 0.2) is 0 Å². The fourth-order valence-electron chi connectivity index (χ4n) is 1.76. The molecular weight excluding hydrogens is 148 g/mol. The molecule has 2 atom stereocenters. The van der Waals surface area contributed by atoms with Gasteiger partial charge in [-0.05, 0) is 52.6 Å². The maximum atomic E-state index is 5.53. The van der Waals surface area contributed by atoms with E-state index in [1.807, 2.05) is 0 Å². The van der Waals surface area contributed by atoms with E-state index in [0.29, 0.717) is 6.04 Å². The van der Waals surface area contributed by atoms with Crippen LogP contribution < -0.4 is 5.73 Å². The number of nitrogens with two attached hydrogens (primary N) is 1. The molecular formula is C10H22N2. The van der Waals surface area contributed by atoms with Gasteiger partial charge in [0.05, 0.1) is 0 Å². The monoisotopic (exact) mass is 170 g/mol. The van der Waals surface area contributed by atoms with Gasteiger partial charge in [0, 0.05) is 12.1 Å². The Balaban J connectivity index is 2.28. The van der Waals surface area contributed by atoms with Gasteiger partial charge in [-0.2, -0.15) is 0 Å². The van der Waals surface area contributed by atoms with Crippen molar-refractivity contribution in [3.8, 4) is 0 Å². The normalized spacial score (nSPS) is 22.8. The Labute approximate surface area is 76.1 Å². The number of hydrogen-bond acceptors (Lipinski definition) is 2. The molecule has 0 heterocycles. The minimum Gasteiger partial charge on any atom is -0.330 e. The Hall–Kier alpha value is -0.0800. The third-order valence-electron chi connectivity index (χ3n) is 3.23. The third-order valence-corrected chi connectivity index (χ3v) is 3.23. The molecule has 1 saturated carbocycles. The Morgan fingerprint density at radius 1 is 1.42 bits per heavy atom. The molecule has 1 fully saturated rings. The lowest BCUT2D eigenvalue weighted by atomic mass is 10.1. The van der Waals surface area contributed by atoms with Gasteiger partial charge < -0.3 is 10.6 Å². The van der Waals surface area contributed by atoms with Crippen LogP contribution in [0.1, 0.15) is 33.1 Å². The smallest absolute Gasteiger partial charge is 0.00949 e. The highest BCUT2D eigenvalue weighted by atomic mass is 15.2. The van der Waals surface area contributed by atoms with Crippen molar-refractivity contribution < 1.29 is 0 Å². The first kappa shape index (κ1) is 10.0. The van der Waals surface area contributed by atoms with E-state index in [9.17, 15) is 0 Å². The molecule has 2 heteroatoms. The molecule has 0 radical (unpaired) electrons. The fourth-order valence-corrected chi connectivity index (χ4v) is 1.76. The molecule has 1 aliphatic rings. The molecule has 1 aliphatic carbocycles. The summed E-state index contributed by atoms with van der Waals surface area (Å²) < 4.78 is 0. The quantitative estimate of drug-likeness (QED) is 0.676. The standard InChI is InChI=1S/C10H22N2/c1-8(6-7-11)12(3)9(2)10-4-5-10/h8-10H,4-7,11H2,1-3H3. The van der Waals surface area contributed by atoms with Crippen LogP contribution >= 0.6 is 0 Å². The fraction of sp³-hybridized carbons (Fsp3) is 1.00. The van der Waals surface area contributed by atoms with E-state index in [2.05, 4.69) is 25.8 Å². The zero-order valence-electron chi connectivity index (χ0n) is 8.59. The second-order valence-electron chi connectivity index (χ2n) is 4.17. The number of nitrogens with zero attached hydrogens (tertiary/aromatic N) is 1. The summed E-state index contributed by atoms with van der Waals surface area (Å²) in [5, 5.41) is 0. The summed E-state index contributed by atoms with van der Waals surface area (Å²) in [5.74, 6) is 0.968. The van der Waals surface area contributed by atoms with Gasteiger partial charge in [0.1, 0.15) is 0 Å². The van der Waals surface area contributed by atoms with Crippen LogP contribution in [0.5, 0.6) is 0 Å². The Kier molecular flexibility index (Phi) is 3.53. The van der Waals surface area contributed by atoms with Gasteiger partial charge in [-0.3, -0.25) is 0 Å². The predicted octanol–water partition coefficient (Wildman–Crippen LogP) is 1.45. The molecule has 2 N–H and O–H groups in total. The highest BCUT2D eigenvalue weighted by Crippen LogP contribution is 2.35. The van der Waals surface area contributed by atoms with E-state index < -0.39 is 0 Å². The van der Waals surface area contributed by atoms with Gasteiger partial charge in [-0.25, -0.2) is 0 Å². The minimum absolute atomic E-state index is 0.644. The first-order chi connectivity index (χ1) is 5.66. The van der Waals surface area contributed by atoms with E-state index in [4.69, 9.17) is 5.73 Å². The molecule has 2 nitrogen and oxygen atoms in total. The molecule has 0 aromatic rings. The molecule has 0 bridgehead atoms. The van der Waals surface area contributed by atoms with Crippen LogP contribution in [0, 0.1) is 5.92 Å². The van der Waals surface area contributed by atoms with Crippen molar-refractivity contribution in [1.29, 1.82) is 0 Å². The van der Waals surface area contributed by atoms with Gasteiger partial charge in [-0.1, -0.05) is 0 Å². The van der Waals surface area contributed by atoms with Crippen molar-refractivity contribution in [2.24, 2.45) is 11.7 Å². The van der Waals surface area contributed by atoms with Crippen LogP contribution in [-0.2, 0) is 0 Å². The molecule has 0 amide bonds. The highest BCUT2D eigenvalue weighted by Gasteiger charge is 2.31. The number of rotatable bonds is 5.